The van der Waals surface area contributed by atoms with Gasteiger partial charge in [-0.1, -0.05) is 6.42 Å². The smallest absolute Gasteiger partial charge is 0.224 e. The molecule has 3 fully saturated rings. The van der Waals surface area contributed by atoms with E-state index in [-0.39, 0.29) is 23.4 Å². The summed E-state index contributed by atoms with van der Waals surface area (Å²) in [5, 5.41) is 6.72. The van der Waals surface area contributed by atoms with Crippen LogP contribution in [0.1, 0.15) is 90.5 Å². The van der Waals surface area contributed by atoms with Crippen molar-refractivity contribution >= 4 is 51.8 Å². The number of rotatable bonds is 12. The summed E-state index contributed by atoms with van der Waals surface area (Å²) in [4.78, 5) is 16.9. The third-order valence-electron chi connectivity index (χ3n) is 10.4. The number of nitrogens with zero attached hydrogens (tertiary/aromatic N) is 5. The Morgan fingerprint density at radius 3 is 2.46 bits per heavy atom. The predicted octanol–water partition coefficient (Wildman–Crippen LogP) is 8.20. The summed E-state index contributed by atoms with van der Waals surface area (Å²) in [5.74, 6) is 0.829. The highest BCUT2D eigenvalue weighted by molar-refractivity contribution is 14.1. The van der Waals surface area contributed by atoms with Gasteiger partial charge < -0.3 is 23.3 Å². The summed E-state index contributed by atoms with van der Waals surface area (Å²) in [7, 11) is 0. The summed E-state index contributed by atoms with van der Waals surface area (Å²) in [5.41, 5.74) is 1.40. The zero-order valence-corrected chi connectivity index (χ0v) is 29.3. The van der Waals surface area contributed by atoms with Gasteiger partial charge >= 0.3 is 0 Å². The summed E-state index contributed by atoms with van der Waals surface area (Å²) in [6.45, 7) is 9.32. The first-order chi connectivity index (χ1) is 22.3. The minimum Gasteiger partial charge on any atom is -0.380 e. The Bertz CT molecular complexity index is 1430. The van der Waals surface area contributed by atoms with E-state index in [4.69, 9.17) is 17.8 Å². The maximum Gasteiger partial charge on any atom is 0.224 e. The lowest BCUT2D eigenvalue weighted by Gasteiger charge is -2.37. The third kappa shape index (κ3) is 8.27. The second kappa shape index (κ2) is 15.4. The lowest BCUT2D eigenvalue weighted by molar-refractivity contribution is 0.0587. The Balaban J connectivity index is 1.14. The minimum atomic E-state index is -0.663. The number of benzene rings is 1. The Morgan fingerprint density at radius 2 is 1.74 bits per heavy atom. The van der Waals surface area contributed by atoms with Crippen LogP contribution in [0.4, 0.5) is 26.4 Å². The second-order valence-electron chi connectivity index (χ2n) is 14.0. The summed E-state index contributed by atoms with van der Waals surface area (Å²) in [6, 6.07) is 3.96. The number of imidazole rings is 1. The molecular weight excluding hydrogens is 703 g/mol. The van der Waals surface area contributed by atoms with Crippen molar-refractivity contribution in [3.63, 3.8) is 0 Å². The second-order valence-corrected chi connectivity index (χ2v) is 14.4. The van der Waals surface area contributed by atoms with Crippen LogP contribution in [-0.4, -0.2) is 68.9 Å². The van der Waals surface area contributed by atoms with E-state index in [1.807, 2.05) is 23.0 Å². The molecule has 2 aromatic heterocycles. The van der Waals surface area contributed by atoms with Crippen LogP contribution in [0.3, 0.4) is 0 Å². The number of ether oxygens (including phenoxy) is 1. The average Bonchev–Trinajstić information content (AvgIpc) is 3.42. The number of hydrogen-bond donors (Lipinski definition) is 2. The Hall–Kier alpha value is -2.16. The third-order valence-corrected chi connectivity index (χ3v) is 11.5. The molecule has 0 radical (unpaired) electrons. The number of anilines is 3. The Morgan fingerprint density at radius 1 is 0.978 bits per heavy atom. The Kier molecular flexibility index (Phi) is 11.3. The highest BCUT2D eigenvalue weighted by Gasteiger charge is 2.34. The van der Waals surface area contributed by atoms with Crippen LogP contribution in [0.5, 0.6) is 0 Å². The topological polar surface area (TPSA) is 89.4 Å². The molecule has 1 aromatic carbocycles. The molecular formula is C34H48F2IN7O2. The molecule has 2 aliphatic carbocycles. The largest absolute Gasteiger partial charge is 0.380 e. The quantitative estimate of drug-likeness (QED) is 0.142. The van der Waals surface area contributed by atoms with E-state index >= 15 is 0 Å². The number of nitrogens with one attached hydrogen (secondary N) is 2. The standard InChI is InChI=1S/C34H48F2IN7O2/c1-34(2,46-37)24-8-11-26(12-9-24)39-32-38-21-30-31(42-32)44(33(41-30)40-29-15-10-25(35)20-28(29)36)27-13-6-23(7-14-27)22-45-19-18-43-16-4-3-5-17-43/h10,15,20-21,23-24,26-27H,3-9,11-14,16-19,22H2,1-2H3,(H,40,41)(H,38,39,42). The van der Waals surface area contributed by atoms with E-state index in [9.17, 15) is 8.78 Å². The number of aromatic nitrogens is 4. The minimum absolute atomic E-state index is 0.134. The molecule has 2 N–H and O–H groups in total. The van der Waals surface area contributed by atoms with Gasteiger partial charge in [0.25, 0.3) is 0 Å². The fraction of sp³-hybridized carbons (Fsp3) is 0.676. The first-order valence-electron chi connectivity index (χ1n) is 17.1. The fourth-order valence-electron chi connectivity index (χ4n) is 7.48. The number of hydrogen-bond acceptors (Lipinski definition) is 8. The highest BCUT2D eigenvalue weighted by atomic mass is 127. The molecule has 0 unspecified atom stereocenters. The van der Waals surface area contributed by atoms with Crippen LogP contribution in [0.15, 0.2) is 24.4 Å². The van der Waals surface area contributed by atoms with Gasteiger partial charge in [0.15, 0.2) is 5.65 Å². The van der Waals surface area contributed by atoms with Gasteiger partial charge in [0.2, 0.25) is 11.9 Å². The zero-order chi connectivity index (χ0) is 32.1. The predicted molar refractivity (Wildman–Crippen MR) is 186 cm³/mol. The molecule has 0 bridgehead atoms. The van der Waals surface area contributed by atoms with Crippen molar-refractivity contribution in [1.82, 2.24) is 24.4 Å². The molecule has 1 aliphatic heterocycles. The number of halogens is 3. The van der Waals surface area contributed by atoms with Crippen molar-refractivity contribution in [3.8, 4) is 0 Å². The average molecular weight is 752 g/mol. The summed E-state index contributed by atoms with van der Waals surface area (Å²) < 4.78 is 42.4. The fourth-order valence-corrected chi connectivity index (χ4v) is 7.84. The molecule has 1 saturated heterocycles. The molecule has 9 nitrogen and oxygen atoms in total. The number of likely N-dealkylation sites (tertiary alicyclic amines) is 1. The molecule has 0 spiro atoms. The van der Waals surface area contributed by atoms with E-state index in [1.54, 1.807) is 6.20 Å². The van der Waals surface area contributed by atoms with Gasteiger partial charge in [0.05, 0.1) is 24.1 Å². The molecule has 0 amide bonds. The molecule has 6 rings (SSSR count). The van der Waals surface area contributed by atoms with Crippen LogP contribution in [0.2, 0.25) is 0 Å². The molecule has 12 heteroatoms. The van der Waals surface area contributed by atoms with Crippen molar-refractivity contribution in [3.05, 3.63) is 36.0 Å². The first-order valence-corrected chi connectivity index (χ1v) is 18.0. The molecule has 2 saturated carbocycles. The van der Waals surface area contributed by atoms with Crippen LogP contribution in [-0.2, 0) is 7.80 Å². The van der Waals surface area contributed by atoms with Crippen molar-refractivity contribution in [2.45, 2.75) is 102 Å². The van der Waals surface area contributed by atoms with Gasteiger partial charge in [0.1, 0.15) is 40.2 Å². The molecule has 3 aliphatic rings. The van der Waals surface area contributed by atoms with Gasteiger partial charge in [0, 0.05) is 31.3 Å². The van der Waals surface area contributed by atoms with Crippen LogP contribution >= 0.6 is 23.0 Å². The molecule has 3 aromatic rings. The molecule has 0 atom stereocenters. The van der Waals surface area contributed by atoms with Crippen molar-refractivity contribution in [1.29, 1.82) is 0 Å². The van der Waals surface area contributed by atoms with Gasteiger partial charge in [-0.05, 0) is 115 Å². The lowest BCUT2D eigenvalue weighted by Crippen LogP contribution is -2.37. The van der Waals surface area contributed by atoms with E-state index in [2.05, 4.69) is 38.9 Å². The van der Waals surface area contributed by atoms with Gasteiger partial charge in [-0.2, -0.15) is 4.98 Å². The normalized spacial score (nSPS) is 24.7. The van der Waals surface area contributed by atoms with Gasteiger partial charge in [-0.3, -0.25) is 4.57 Å². The van der Waals surface area contributed by atoms with Crippen LogP contribution in [0, 0.1) is 23.5 Å². The van der Waals surface area contributed by atoms with Crippen molar-refractivity contribution in [2.24, 2.45) is 11.8 Å². The molecule has 3 heterocycles. The van der Waals surface area contributed by atoms with Gasteiger partial charge in [-0.25, -0.2) is 18.7 Å². The number of fused-ring (bicyclic) bond motifs is 1. The molecule has 252 valence electrons. The van der Waals surface area contributed by atoms with Crippen molar-refractivity contribution in [2.75, 3.05) is 43.5 Å². The van der Waals surface area contributed by atoms with Gasteiger partial charge in [-0.15, -0.1) is 0 Å². The van der Waals surface area contributed by atoms with E-state index in [0.29, 0.717) is 29.2 Å². The van der Waals surface area contributed by atoms with Crippen molar-refractivity contribution < 1.29 is 16.6 Å². The van der Waals surface area contributed by atoms with E-state index < -0.39 is 11.6 Å². The summed E-state index contributed by atoms with van der Waals surface area (Å²) in [6.07, 6.45) is 13.9. The van der Waals surface area contributed by atoms with E-state index in [0.717, 1.165) is 82.8 Å². The molecule has 46 heavy (non-hydrogen) atoms. The Labute approximate surface area is 285 Å². The number of piperidine rings is 1. The SMILES string of the molecule is CC(C)(OI)C1CCC(Nc2ncc3nc(Nc4ccc(F)cc4F)n(C4CCC(COCCN5CCCCC5)CC4)c3n2)CC1. The lowest BCUT2D eigenvalue weighted by atomic mass is 9.77. The highest BCUT2D eigenvalue weighted by Crippen LogP contribution is 2.39. The first kappa shape index (κ1) is 33.7. The van der Waals surface area contributed by atoms with Crippen LogP contribution < -0.4 is 10.6 Å². The van der Waals surface area contributed by atoms with E-state index in [1.165, 1.54) is 44.5 Å². The maximum atomic E-state index is 14.7. The maximum absolute atomic E-state index is 14.7. The zero-order valence-electron chi connectivity index (χ0n) is 27.1. The van der Waals surface area contributed by atoms with Crippen LogP contribution in [0.25, 0.3) is 11.2 Å². The monoisotopic (exact) mass is 751 g/mol. The summed E-state index contributed by atoms with van der Waals surface area (Å²) >= 11 is 2.02.